The first kappa shape index (κ1) is 24.5. The van der Waals surface area contributed by atoms with E-state index in [2.05, 4.69) is 10.6 Å². The molecule has 0 bridgehead atoms. The number of hydrogen-bond acceptors (Lipinski definition) is 6. The molecule has 0 spiro atoms. The van der Waals surface area contributed by atoms with Crippen LogP contribution in [0, 0.1) is 4.91 Å². The largest absolute Gasteiger partial charge is 0.369 e. The third kappa shape index (κ3) is 5.95. The minimum absolute atomic E-state index is 0.0532. The van der Waals surface area contributed by atoms with Crippen LogP contribution in [0.25, 0.3) is 0 Å². The van der Waals surface area contributed by atoms with Gasteiger partial charge >= 0.3 is 21.2 Å². The monoisotopic (exact) mass is 451 g/mol. The summed E-state index contributed by atoms with van der Waals surface area (Å²) in [7, 11) is -11.2. The zero-order valence-electron chi connectivity index (χ0n) is 14.4. The predicted molar refractivity (Wildman–Crippen MR) is 95.8 cm³/mol. The maximum atomic E-state index is 12.2. The third-order valence-electron chi connectivity index (χ3n) is 4.68. The van der Waals surface area contributed by atoms with Gasteiger partial charge in [0.05, 0.1) is 11.8 Å². The van der Waals surface area contributed by atoms with Gasteiger partial charge in [-0.05, 0) is 19.3 Å². The first-order valence-electron chi connectivity index (χ1n) is 8.14. The van der Waals surface area contributed by atoms with E-state index in [0.29, 0.717) is 30.7 Å². The van der Waals surface area contributed by atoms with Gasteiger partial charge in [-0.2, -0.15) is 5.01 Å². The Morgan fingerprint density at radius 3 is 2.07 bits per heavy atom. The number of urea groups is 1. The molecular weight excluding hydrogens is 428 g/mol. The van der Waals surface area contributed by atoms with Crippen LogP contribution in [0.4, 0.5) is 4.79 Å². The van der Waals surface area contributed by atoms with Gasteiger partial charge in [-0.3, -0.25) is 9.13 Å². The van der Waals surface area contributed by atoms with Crippen LogP contribution in [0.2, 0.25) is 0 Å². The van der Waals surface area contributed by atoms with Gasteiger partial charge in [0.25, 0.3) is 5.08 Å². The summed E-state index contributed by atoms with van der Waals surface area (Å²) in [5.41, 5.74) is -1.11. The molecule has 0 unspecified atom stereocenters. The fourth-order valence-electron chi connectivity index (χ4n) is 3.08. The highest BCUT2D eigenvalue weighted by molar-refractivity contribution is 7.72. The molecule has 1 rings (SSSR count). The summed E-state index contributed by atoms with van der Waals surface area (Å²) < 4.78 is 23.0. The highest BCUT2D eigenvalue weighted by Crippen LogP contribution is 2.69. The van der Waals surface area contributed by atoms with Crippen LogP contribution in [-0.4, -0.2) is 58.8 Å². The molecule has 6 N–H and O–H groups in total. The number of amides is 2. The van der Waals surface area contributed by atoms with Crippen LogP contribution in [0.5, 0.6) is 0 Å². The number of nitrogens with one attached hydrogen (secondary N) is 1. The van der Waals surface area contributed by atoms with Crippen molar-refractivity contribution in [1.82, 2.24) is 10.3 Å². The van der Waals surface area contributed by atoms with Gasteiger partial charge in [0, 0.05) is 17.8 Å². The Morgan fingerprint density at radius 1 is 1.15 bits per heavy atom. The van der Waals surface area contributed by atoms with Gasteiger partial charge in [0.15, 0.2) is 0 Å². The molecule has 0 aromatic rings. The van der Waals surface area contributed by atoms with Gasteiger partial charge in [0.1, 0.15) is 0 Å². The van der Waals surface area contributed by atoms with Crippen LogP contribution in [-0.2, 0) is 9.13 Å². The van der Waals surface area contributed by atoms with Crippen molar-refractivity contribution in [3.63, 3.8) is 0 Å². The van der Waals surface area contributed by atoms with Crippen molar-refractivity contribution >= 4 is 32.8 Å². The maximum Gasteiger partial charge on any atom is 0.369 e. The highest BCUT2D eigenvalue weighted by Gasteiger charge is 2.59. The van der Waals surface area contributed by atoms with Crippen LogP contribution >= 0.6 is 26.8 Å². The Bertz CT molecular complexity index is 610. The number of rotatable bonds is 9. The molecule has 0 aliphatic heterocycles. The van der Waals surface area contributed by atoms with Crippen LogP contribution < -0.4 is 5.32 Å². The molecule has 0 aromatic heterocycles. The van der Waals surface area contributed by atoms with E-state index in [1.807, 2.05) is 0 Å². The summed E-state index contributed by atoms with van der Waals surface area (Å²) in [5.74, 6) is -0.0532. The number of carbonyl (C=O) groups is 1. The lowest BCUT2D eigenvalue weighted by Gasteiger charge is -2.41. The van der Waals surface area contributed by atoms with Gasteiger partial charge in [-0.25, -0.2) is 4.79 Å². The standard InChI is InChI=1S/C12H24ClN3O9P2/c13-8-9-16(15-19)10(17)14-11(4-2-1-3-5-11)6-7-12(18,26(20,21)22)27(23,24)25/h18H,1-9H2,(H,14,17)(H2,20,21,22)(H2,23,24,25). The van der Waals surface area contributed by atoms with Crippen LogP contribution in [0.1, 0.15) is 44.9 Å². The Labute approximate surface area is 160 Å². The Kier molecular flexibility index (Phi) is 8.40. The summed E-state index contributed by atoms with van der Waals surface area (Å²) >= 11 is 5.49. The average Bonchev–Trinajstić information content (AvgIpc) is 2.56. The lowest BCUT2D eigenvalue weighted by Crippen LogP contribution is -2.54. The van der Waals surface area contributed by atoms with Crippen molar-refractivity contribution in [2.24, 2.45) is 5.29 Å². The van der Waals surface area contributed by atoms with Crippen molar-refractivity contribution in [1.29, 1.82) is 0 Å². The van der Waals surface area contributed by atoms with E-state index in [9.17, 15) is 43.5 Å². The number of aliphatic hydroxyl groups is 1. The first-order valence-corrected chi connectivity index (χ1v) is 11.9. The third-order valence-corrected chi connectivity index (χ3v) is 8.73. The summed E-state index contributed by atoms with van der Waals surface area (Å²) in [6.07, 6.45) is 1.50. The quantitative estimate of drug-likeness (QED) is 0.130. The molecule has 1 aliphatic carbocycles. The van der Waals surface area contributed by atoms with E-state index in [1.54, 1.807) is 0 Å². The molecule has 27 heavy (non-hydrogen) atoms. The fourth-order valence-corrected chi connectivity index (χ4v) is 5.41. The molecule has 2 amide bonds. The van der Waals surface area contributed by atoms with Gasteiger partial charge in [-0.1, -0.05) is 19.3 Å². The molecule has 1 aliphatic rings. The first-order chi connectivity index (χ1) is 12.3. The SMILES string of the molecule is O=NN(CCCl)C(=O)NC1(CCC(O)(P(=O)(O)O)P(=O)(O)O)CCCCC1. The molecule has 15 heteroatoms. The number of hydrogen-bond donors (Lipinski definition) is 6. The Balaban J connectivity index is 3.07. The van der Waals surface area contributed by atoms with E-state index in [0.717, 1.165) is 6.42 Å². The molecule has 158 valence electrons. The van der Waals surface area contributed by atoms with Crippen LogP contribution in [0.3, 0.4) is 0 Å². The molecule has 0 aromatic carbocycles. The van der Waals surface area contributed by atoms with E-state index < -0.39 is 38.3 Å². The van der Waals surface area contributed by atoms with Crippen molar-refractivity contribution < 1.29 is 38.6 Å². The summed E-state index contributed by atoms with van der Waals surface area (Å²) in [6.45, 7) is -0.165. The number of halogens is 1. The number of alkyl halides is 1. The summed E-state index contributed by atoms with van der Waals surface area (Å²) in [5, 5.41) is 12.2. The topological polar surface area (TPSA) is 197 Å². The van der Waals surface area contributed by atoms with E-state index in [4.69, 9.17) is 11.6 Å². The zero-order chi connectivity index (χ0) is 20.9. The zero-order valence-corrected chi connectivity index (χ0v) is 16.9. The Hall–Kier alpha value is -0.580. The minimum Gasteiger partial charge on any atom is -0.368 e. The predicted octanol–water partition coefficient (Wildman–Crippen LogP) is 1.40. The molecule has 12 nitrogen and oxygen atoms in total. The maximum absolute atomic E-state index is 12.2. The van der Waals surface area contributed by atoms with Crippen LogP contribution in [0.15, 0.2) is 5.29 Å². The molecular formula is C12H24ClN3O9P2. The second-order valence-corrected chi connectivity index (χ2v) is 10.9. The average molecular weight is 452 g/mol. The van der Waals surface area contributed by atoms with E-state index in [-0.39, 0.29) is 18.8 Å². The molecule has 1 fully saturated rings. The van der Waals surface area contributed by atoms with E-state index in [1.165, 1.54) is 0 Å². The molecule has 0 atom stereocenters. The van der Waals surface area contributed by atoms with Crippen molar-refractivity contribution in [2.75, 3.05) is 12.4 Å². The van der Waals surface area contributed by atoms with Crippen molar-refractivity contribution in [3.8, 4) is 0 Å². The lowest BCUT2D eigenvalue weighted by atomic mass is 9.78. The summed E-state index contributed by atoms with van der Waals surface area (Å²) in [6, 6.07) is -0.886. The normalized spacial score (nSPS) is 18.0. The number of nitrogens with zero attached hydrogens (tertiary/aromatic N) is 2. The Morgan fingerprint density at radius 2 is 1.67 bits per heavy atom. The smallest absolute Gasteiger partial charge is 0.368 e. The lowest BCUT2D eigenvalue weighted by molar-refractivity contribution is 0.101. The molecule has 0 saturated heterocycles. The number of carbonyl (C=O) groups excluding carboxylic acids is 1. The highest BCUT2D eigenvalue weighted by atomic mass is 35.5. The van der Waals surface area contributed by atoms with Crippen molar-refractivity contribution in [2.45, 2.75) is 55.6 Å². The fraction of sp³-hybridized carbons (Fsp3) is 0.917. The van der Waals surface area contributed by atoms with Gasteiger partial charge in [0.2, 0.25) is 0 Å². The summed E-state index contributed by atoms with van der Waals surface area (Å²) in [4.78, 5) is 60.1. The second kappa shape index (κ2) is 9.28. The van der Waals surface area contributed by atoms with Gasteiger partial charge in [-0.15, -0.1) is 16.5 Å². The number of nitroso groups, excluding NO2 is 1. The van der Waals surface area contributed by atoms with Gasteiger partial charge < -0.3 is 30.0 Å². The second-order valence-electron chi connectivity index (χ2n) is 6.53. The minimum atomic E-state index is -5.59. The van der Waals surface area contributed by atoms with E-state index >= 15 is 0 Å². The van der Waals surface area contributed by atoms with Crippen molar-refractivity contribution in [3.05, 3.63) is 4.91 Å². The molecule has 0 radical (unpaired) electrons. The molecule has 1 saturated carbocycles. The molecule has 0 heterocycles.